The third-order valence-corrected chi connectivity index (χ3v) is 3.44. The largest absolute Gasteiger partial charge is 0.496 e. The number of hydrogen-bond donors (Lipinski definition) is 1. The Hall–Kier alpha value is -1.79. The maximum Gasteiger partial charge on any atom is 0.341 e. The van der Waals surface area contributed by atoms with Crippen molar-refractivity contribution >= 4 is 29.2 Å². The molecule has 0 fully saturated rings. The average Bonchev–Trinajstić information content (AvgIpc) is 2.81. The van der Waals surface area contributed by atoms with Crippen LogP contribution >= 0.6 is 23.2 Å². The molecular weight excluding hydrogens is 336 g/mol. The van der Waals surface area contributed by atoms with Gasteiger partial charge in [-0.25, -0.2) is 9.18 Å². The van der Waals surface area contributed by atoms with E-state index >= 15 is 0 Å². The summed E-state index contributed by atoms with van der Waals surface area (Å²) in [5.41, 5.74) is -2.38. The Morgan fingerprint density at radius 3 is 2.55 bits per heavy atom. The fourth-order valence-corrected chi connectivity index (χ4v) is 2.57. The van der Waals surface area contributed by atoms with Crippen LogP contribution in [0, 0.1) is 0 Å². The summed E-state index contributed by atoms with van der Waals surface area (Å²) in [6, 6.07) is 2.85. The van der Waals surface area contributed by atoms with Gasteiger partial charge in [0, 0.05) is 5.02 Å². The molecule has 0 aliphatic heterocycles. The lowest BCUT2D eigenvalue weighted by Crippen LogP contribution is -2.13. The first-order valence-electron chi connectivity index (χ1n) is 6.12. The van der Waals surface area contributed by atoms with E-state index in [1.54, 1.807) is 0 Å². The number of carboxylic acids is 1. The third-order valence-electron chi connectivity index (χ3n) is 2.92. The van der Waals surface area contributed by atoms with Gasteiger partial charge in [-0.3, -0.25) is 0 Å². The first kappa shape index (κ1) is 16.6. The lowest BCUT2D eigenvalue weighted by atomic mass is 9.98. The minimum atomic E-state index is -2.02. The molecule has 1 aromatic heterocycles. The van der Waals surface area contributed by atoms with Gasteiger partial charge in [0.2, 0.25) is 0 Å². The number of ether oxygens (including phenoxy) is 1. The van der Waals surface area contributed by atoms with Gasteiger partial charge in [0.15, 0.2) is 11.4 Å². The molecule has 1 heterocycles. The lowest BCUT2D eigenvalue weighted by molar-refractivity contribution is 0.0683. The molecule has 8 heteroatoms. The number of methoxy groups -OCH3 is 1. The van der Waals surface area contributed by atoms with Gasteiger partial charge in [0.1, 0.15) is 17.0 Å². The number of rotatable bonds is 4. The highest BCUT2D eigenvalue weighted by Crippen LogP contribution is 2.42. The van der Waals surface area contributed by atoms with Crippen LogP contribution in [-0.4, -0.2) is 23.3 Å². The number of carbonyl (C=O) groups is 1. The van der Waals surface area contributed by atoms with Crippen LogP contribution in [0.25, 0.3) is 11.3 Å². The first-order chi connectivity index (χ1) is 10.2. The van der Waals surface area contributed by atoms with E-state index in [0.29, 0.717) is 5.02 Å². The molecule has 0 amide bonds. The Balaban J connectivity index is 2.80. The third kappa shape index (κ3) is 2.89. The monoisotopic (exact) mass is 347 g/mol. The van der Waals surface area contributed by atoms with Crippen LogP contribution in [0.2, 0.25) is 10.0 Å². The summed E-state index contributed by atoms with van der Waals surface area (Å²) in [4.78, 5) is 11.5. The van der Waals surface area contributed by atoms with Crippen LogP contribution in [0.3, 0.4) is 0 Å². The standard InChI is InChI=1S/C14H12Cl2FNO4/c1-14(2,17)12-10(13(19)20)11(18-22-12)9-7(16)4-6(15)5-8(9)21-3/h4-5H,1-3H3,(H,19,20). The molecular formula is C14H12Cl2FNO4. The SMILES string of the molecule is COc1cc(Cl)cc(Cl)c1-c1noc(C(C)(C)F)c1C(=O)O. The zero-order chi connectivity index (χ0) is 16.7. The van der Waals surface area contributed by atoms with Gasteiger partial charge in [-0.1, -0.05) is 28.4 Å². The summed E-state index contributed by atoms with van der Waals surface area (Å²) in [5, 5.41) is 13.5. The van der Waals surface area contributed by atoms with Gasteiger partial charge in [-0.05, 0) is 26.0 Å². The molecule has 0 atom stereocenters. The van der Waals surface area contributed by atoms with Crippen molar-refractivity contribution in [1.82, 2.24) is 5.16 Å². The normalized spacial score (nSPS) is 11.5. The number of nitrogens with zero attached hydrogens (tertiary/aromatic N) is 1. The van der Waals surface area contributed by atoms with Gasteiger partial charge < -0.3 is 14.4 Å². The van der Waals surface area contributed by atoms with Crippen molar-refractivity contribution in [2.45, 2.75) is 19.5 Å². The number of halogens is 3. The molecule has 0 saturated heterocycles. The van der Waals surface area contributed by atoms with E-state index in [9.17, 15) is 14.3 Å². The Morgan fingerprint density at radius 2 is 2.05 bits per heavy atom. The molecule has 0 radical (unpaired) electrons. The Morgan fingerprint density at radius 1 is 1.41 bits per heavy atom. The second kappa shape index (κ2) is 5.78. The van der Waals surface area contributed by atoms with Crippen molar-refractivity contribution in [3.05, 3.63) is 33.5 Å². The van der Waals surface area contributed by atoms with Crippen LogP contribution in [0.4, 0.5) is 4.39 Å². The number of hydrogen-bond acceptors (Lipinski definition) is 4. The van der Waals surface area contributed by atoms with Gasteiger partial charge >= 0.3 is 5.97 Å². The van der Waals surface area contributed by atoms with Crippen molar-refractivity contribution in [3.8, 4) is 17.0 Å². The quantitative estimate of drug-likeness (QED) is 0.877. The molecule has 1 aromatic carbocycles. The average molecular weight is 348 g/mol. The minimum absolute atomic E-state index is 0.114. The van der Waals surface area contributed by atoms with Crippen LogP contribution in [0.5, 0.6) is 5.75 Å². The van der Waals surface area contributed by atoms with Crippen molar-refractivity contribution in [1.29, 1.82) is 0 Å². The summed E-state index contributed by atoms with van der Waals surface area (Å²) < 4.78 is 24.2. The van der Waals surface area contributed by atoms with Crippen LogP contribution < -0.4 is 4.74 Å². The van der Waals surface area contributed by atoms with Gasteiger partial charge in [0.25, 0.3) is 0 Å². The Bertz CT molecular complexity index is 737. The number of aromatic carboxylic acids is 1. The molecule has 2 aromatic rings. The topological polar surface area (TPSA) is 72.6 Å². The maximum atomic E-state index is 14.1. The van der Waals surface area contributed by atoms with E-state index in [1.165, 1.54) is 33.1 Å². The highest BCUT2D eigenvalue weighted by atomic mass is 35.5. The van der Waals surface area contributed by atoms with Gasteiger partial charge in [-0.15, -0.1) is 0 Å². The second-order valence-electron chi connectivity index (χ2n) is 4.98. The first-order valence-corrected chi connectivity index (χ1v) is 6.88. The molecule has 2 rings (SSSR count). The molecule has 0 saturated carbocycles. The highest BCUT2D eigenvalue weighted by molar-refractivity contribution is 6.37. The van der Waals surface area contributed by atoms with Crippen molar-refractivity contribution < 1.29 is 23.6 Å². The highest BCUT2D eigenvalue weighted by Gasteiger charge is 2.36. The predicted molar refractivity (Wildman–Crippen MR) is 79.6 cm³/mol. The van der Waals surface area contributed by atoms with Crippen LogP contribution in [0.1, 0.15) is 30.0 Å². The van der Waals surface area contributed by atoms with E-state index in [0.717, 1.165) is 0 Å². The summed E-state index contributed by atoms with van der Waals surface area (Å²) in [6.45, 7) is 2.34. The number of aromatic nitrogens is 1. The smallest absolute Gasteiger partial charge is 0.341 e. The summed E-state index contributed by atoms with van der Waals surface area (Å²) in [7, 11) is 1.37. The fourth-order valence-electron chi connectivity index (χ4n) is 2.01. The summed E-state index contributed by atoms with van der Waals surface area (Å²) in [5.74, 6) is -1.58. The number of benzene rings is 1. The molecule has 0 aliphatic carbocycles. The lowest BCUT2D eigenvalue weighted by Gasteiger charge is -2.12. The van der Waals surface area contributed by atoms with E-state index in [1.807, 2.05) is 0 Å². The van der Waals surface area contributed by atoms with Crippen molar-refractivity contribution in [2.24, 2.45) is 0 Å². The van der Waals surface area contributed by atoms with E-state index < -0.39 is 23.0 Å². The predicted octanol–water partition coefficient (Wildman–Crippen LogP) is 4.56. The van der Waals surface area contributed by atoms with Crippen LogP contribution in [0.15, 0.2) is 16.7 Å². The molecule has 0 spiro atoms. The molecule has 22 heavy (non-hydrogen) atoms. The van der Waals surface area contributed by atoms with Crippen molar-refractivity contribution in [2.75, 3.05) is 7.11 Å². The maximum absolute atomic E-state index is 14.1. The summed E-state index contributed by atoms with van der Waals surface area (Å²) >= 11 is 12.0. The Kier molecular flexibility index (Phi) is 4.35. The molecule has 118 valence electrons. The molecule has 0 bridgehead atoms. The van der Waals surface area contributed by atoms with E-state index in [4.69, 9.17) is 32.5 Å². The molecule has 1 N–H and O–H groups in total. The Labute approximate surface area is 135 Å². The van der Waals surface area contributed by atoms with Gasteiger partial charge in [0.05, 0.1) is 17.7 Å². The van der Waals surface area contributed by atoms with Crippen LogP contribution in [-0.2, 0) is 5.67 Å². The van der Waals surface area contributed by atoms with E-state index in [-0.39, 0.29) is 22.0 Å². The zero-order valence-corrected chi connectivity index (χ0v) is 13.4. The molecule has 0 aliphatic rings. The fraction of sp³-hybridized carbons (Fsp3) is 0.286. The zero-order valence-electron chi connectivity index (χ0n) is 11.9. The summed E-state index contributed by atoms with van der Waals surface area (Å²) in [6.07, 6.45) is 0. The number of carboxylic acid groups (broad SMARTS) is 1. The van der Waals surface area contributed by atoms with Crippen molar-refractivity contribution in [3.63, 3.8) is 0 Å². The molecule has 0 unspecified atom stereocenters. The van der Waals surface area contributed by atoms with Gasteiger partial charge in [-0.2, -0.15) is 0 Å². The van der Waals surface area contributed by atoms with E-state index in [2.05, 4.69) is 5.16 Å². The molecule has 5 nitrogen and oxygen atoms in total. The minimum Gasteiger partial charge on any atom is -0.496 e. The second-order valence-corrected chi connectivity index (χ2v) is 5.82. The number of alkyl halides is 1.